The van der Waals surface area contributed by atoms with Crippen LogP contribution in [0.5, 0.6) is 0 Å². The molecule has 1 aromatic rings. The first-order valence-corrected chi connectivity index (χ1v) is 4.15. The van der Waals surface area contributed by atoms with Crippen molar-refractivity contribution in [3.63, 3.8) is 0 Å². The molecule has 0 aliphatic carbocycles. The quantitative estimate of drug-likeness (QED) is 0.544. The minimum Gasteiger partial charge on any atom is -0.397 e. The lowest BCUT2D eigenvalue weighted by Crippen LogP contribution is -1.96. The van der Waals surface area contributed by atoms with E-state index in [1.165, 1.54) is 0 Å². The van der Waals surface area contributed by atoms with Crippen molar-refractivity contribution >= 4 is 29.1 Å². The Balaban J connectivity index is 3.00. The zero-order chi connectivity index (χ0) is 8.97. The number of halogens is 1. The maximum absolute atomic E-state index is 5.70. The molecule has 4 N–H and O–H groups in total. The van der Waals surface area contributed by atoms with Crippen molar-refractivity contribution in [2.24, 2.45) is 0 Å². The fourth-order valence-electron chi connectivity index (χ4n) is 0.919. The molecular formula is C9H11ClN2. The first-order valence-electron chi connectivity index (χ1n) is 3.62. The Morgan fingerprint density at radius 1 is 1.33 bits per heavy atom. The number of nitrogen functional groups attached to an aromatic ring is 2. The highest BCUT2D eigenvalue weighted by Gasteiger charge is 1.96. The van der Waals surface area contributed by atoms with Crippen molar-refractivity contribution < 1.29 is 0 Å². The van der Waals surface area contributed by atoms with Gasteiger partial charge in [-0.25, -0.2) is 0 Å². The van der Waals surface area contributed by atoms with Crippen LogP contribution in [-0.2, 0) is 0 Å². The Bertz CT molecular complexity index is 295. The second-order valence-electron chi connectivity index (χ2n) is 2.41. The topological polar surface area (TPSA) is 52.0 Å². The molecule has 1 aromatic carbocycles. The van der Waals surface area contributed by atoms with Crippen LogP contribution >= 0.6 is 11.6 Å². The summed E-state index contributed by atoms with van der Waals surface area (Å²) in [6.07, 6.45) is 3.69. The lowest BCUT2D eigenvalue weighted by atomic mass is 10.1. The summed E-state index contributed by atoms with van der Waals surface area (Å²) in [5, 5.41) is 0. The van der Waals surface area contributed by atoms with Gasteiger partial charge in [0.2, 0.25) is 0 Å². The molecule has 0 fully saturated rings. The summed E-state index contributed by atoms with van der Waals surface area (Å²) in [5.74, 6) is 0.480. The molecule has 0 saturated carbocycles. The SMILES string of the molecule is Nc1cccc(C=CCCl)c1N. The van der Waals surface area contributed by atoms with Gasteiger partial charge in [0.05, 0.1) is 11.4 Å². The summed E-state index contributed by atoms with van der Waals surface area (Å²) in [5.41, 5.74) is 13.4. The molecule has 0 aliphatic heterocycles. The third-order valence-corrected chi connectivity index (χ3v) is 1.74. The highest BCUT2D eigenvalue weighted by atomic mass is 35.5. The monoisotopic (exact) mass is 182 g/mol. The zero-order valence-corrected chi connectivity index (χ0v) is 7.38. The van der Waals surface area contributed by atoms with Gasteiger partial charge in [-0.1, -0.05) is 24.3 Å². The summed E-state index contributed by atoms with van der Waals surface area (Å²) < 4.78 is 0. The second-order valence-corrected chi connectivity index (χ2v) is 2.72. The van der Waals surface area contributed by atoms with Crippen molar-refractivity contribution in [3.05, 3.63) is 29.8 Å². The summed E-state index contributed by atoms with van der Waals surface area (Å²) >= 11 is 5.48. The predicted octanol–water partition coefficient (Wildman–Crippen LogP) is 2.10. The average molecular weight is 183 g/mol. The summed E-state index contributed by atoms with van der Waals surface area (Å²) in [6.45, 7) is 0. The molecular weight excluding hydrogens is 172 g/mol. The minimum atomic E-state index is 0.480. The zero-order valence-electron chi connectivity index (χ0n) is 6.63. The summed E-state index contributed by atoms with van der Waals surface area (Å²) in [4.78, 5) is 0. The Labute approximate surface area is 76.8 Å². The van der Waals surface area contributed by atoms with E-state index >= 15 is 0 Å². The van der Waals surface area contributed by atoms with E-state index in [-0.39, 0.29) is 0 Å². The van der Waals surface area contributed by atoms with Gasteiger partial charge < -0.3 is 11.5 Å². The van der Waals surface area contributed by atoms with Crippen LogP contribution in [0, 0.1) is 0 Å². The van der Waals surface area contributed by atoms with Gasteiger partial charge in [-0.05, 0) is 11.6 Å². The van der Waals surface area contributed by atoms with Crippen LogP contribution in [-0.4, -0.2) is 5.88 Å². The van der Waals surface area contributed by atoms with Crippen LogP contribution in [0.2, 0.25) is 0 Å². The van der Waals surface area contributed by atoms with Crippen molar-refractivity contribution in [1.29, 1.82) is 0 Å². The lowest BCUT2D eigenvalue weighted by molar-refractivity contribution is 1.62. The van der Waals surface area contributed by atoms with Crippen molar-refractivity contribution in [2.45, 2.75) is 0 Å². The van der Waals surface area contributed by atoms with Gasteiger partial charge in [-0.15, -0.1) is 11.6 Å². The molecule has 0 amide bonds. The number of benzene rings is 1. The van der Waals surface area contributed by atoms with Crippen molar-refractivity contribution in [1.82, 2.24) is 0 Å². The number of hydrogen-bond donors (Lipinski definition) is 2. The maximum Gasteiger partial charge on any atom is 0.0621 e. The van der Waals surface area contributed by atoms with E-state index in [4.69, 9.17) is 23.1 Å². The van der Waals surface area contributed by atoms with Gasteiger partial charge in [0.25, 0.3) is 0 Å². The number of anilines is 2. The smallest absolute Gasteiger partial charge is 0.0621 e. The fourth-order valence-corrected chi connectivity index (χ4v) is 1.01. The van der Waals surface area contributed by atoms with E-state index in [1.54, 1.807) is 6.07 Å². The average Bonchev–Trinajstić information content (AvgIpc) is 2.08. The van der Waals surface area contributed by atoms with Gasteiger partial charge >= 0.3 is 0 Å². The fraction of sp³-hybridized carbons (Fsp3) is 0.111. The largest absolute Gasteiger partial charge is 0.397 e. The normalized spacial score (nSPS) is 10.8. The Morgan fingerprint density at radius 3 is 2.75 bits per heavy atom. The first-order chi connectivity index (χ1) is 5.75. The molecule has 0 aliphatic rings. The van der Waals surface area contributed by atoms with Crippen LogP contribution in [0.25, 0.3) is 6.08 Å². The molecule has 3 heteroatoms. The molecule has 0 radical (unpaired) electrons. The van der Waals surface area contributed by atoms with Crippen molar-refractivity contribution in [3.8, 4) is 0 Å². The number of para-hydroxylation sites is 1. The highest BCUT2D eigenvalue weighted by Crippen LogP contribution is 2.20. The van der Waals surface area contributed by atoms with Crippen molar-refractivity contribution in [2.75, 3.05) is 17.3 Å². The third-order valence-electron chi connectivity index (χ3n) is 1.56. The molecule has 2 nitrogen and oxygen atoms in total. The lowest BCUT2D eigenvalue weighted by Gasteiger charge is -2.02. The van der Waals surface area contributed by atoms with Crippen LogP contribution in [0.4, 0.5) is 11.4 Å². The molecule has 0 spiro atoms. The van der Waals surface area contributed by atoms with Gasteiger partial charge in [-0.2, -0.15) is 0 Å². The van der Waals surface area contributed by atoms with E-state index in [1.807, 2.05) is 24.3 Å². The van der Waals surface area contributed by atoms with Crippen LogP contribution in [0.1, 0.15) is 5.56 Å². The molecule has 64 valence electrons. The van der Waals surface area contributed by atoms with Crippen LogP contribution in [0.3, 0.4) is 0 Å². The number of rotatable bonds is 2. The minimum absolute atomic E-state index is 0.480. The molecule has 12 heavy (non-hydrogen) atoms. The van der Waals surface area contributed by atoms with E-state index in [2.05, 4.69) is 0 Å². The highest BCUT2D eigenvalue weighted by molar-refractivity contribution is 6.19. The van der Waals surface area contributed by atoms with E-state index in [0.29, 0.717) is 17.3 Å². The van der Waals surface area contributed by atoms with Gasteiger partial charge in [-0.3, -0.25) is 0 Å². The van der Waals surface area contributed by atoms with Gasteiger partial charge in [0, 0.05) is 5.88 Å². The number of alkyl halides is 1. The molecule has 0 bridgehead atoms. The Kier molecular flexibility index (Phi) is 3.00. The molecule has 1 rings (SSSR count). The predicted molar refractivity (Wildman–Crippen MR) is 55.0 cm³/mol. The first kappa shape index (κ1) is 8.94. The van der Waals surface area contributed by atoms with Crippen LogP contribution in [0.15, 0.2) is 24.3 Å². The molecule has 0 aromatic heterocycles. The molecule has 0 saturated heterocycles. The Hall–Kier alpha value is -1.15. The number of allylic oxidation sites excluding steroid dienone is 1. The van der Waals surface area contributed by atoms with E-state index < -0.39 is 0 Å². The standard InChI is InChI=1S/C9H11ClN2/c10-6-2-4-7-3-1-5-8(11)9(7)12/h1-5H,6,11-12H2. The molecule has 0 unspecified atom stereocenters. The summed E-state index contributed by atoms with van der Waals surface area (Å²) in [7, 11) is 0. The molecule has 0 heterocycles. The Morgan fingerprint density at radius 2 is 2.08 bits per heavy atom. The van der Waals surface area contributed by atoms with E-state index in [0.717, 1.165) is 5.56 Å². The van der Waals surface area contributed by atoms with Gasteiger partial charge in [0.15, 0.2) is 0 Å². The summed E-state index contributed by atoms with van der Waals surface area (Å²) in [6, 6.07) is 5.53. The molecule has 0 atom stereocenters. The van der Waals surface area contributed by atoms with E-state index in [9.17, 15) is 0 Å². The van der Waals surface area contributed by atoms with Crippen LogP contribution < -0.4 is 11.5 Å². The number of hydrogen-bond acceptors (Lipinski definition) is 2. The maximum atomic E-state index is 5.70. The second kappa shape index (κ2) is 4.02. The third kappa shape index (κ3) is 1.92. The van der Waals surface area contributed by atoms with Gasteiger partial charge in [0.1, 0.15) is 0 Å². The number of nitrogens with two attached hydrogens (primary N) is 2.